The summed E-state index contributed by atoms with van der Waals surface area (Å²) in [4.78, 5) is 27.2. The second-order valence-corrected chi connectivity index (χ2v) is 8.30. The van der Waals surface area contributed by atoms with Gasteiger partial charge in [0.05, 0.1) is 18.3 Å². The summed E-state index contributed by atoms with van der Waals surface area (Å²) < 4.78 is 41.3. The molecule has 0 amide bonds. The number of carbonyl (C=O) groups excluding carboxylic acids is 1. The fourth-order valence-electron chi connectivity index (χ4n) is 3.89. The third-order valence-corrected chi connectivity index (χ3v) is 5.85. The van der Waals surface area contributed by atoms with Gasteiger partial charge in [-0.25, -0.2) is 4.98 Å². The van der Waals surface area contributed by atoms with Crippen LogP contribution in [0.5, 0.6) is 0 Å². The molecular formula is C22H21F3N8O. The normalized spacial score (nSPS) is 16.2. The van der Waals surface area contributed by atoms with Crippen LogP contribution in [-0.2, 0) is 19.3 Å². The molecule has 34 heavy (non-hydrogen) atoms. The molecule has 12 heteroatoms. The van der Waals surface area contributed by atoms with Crippen molar-refractivity contribution in [3.63, 3.8) is 0 Å². The Morgan fingerprint density at radius 2 is 1.97 bits per heavy atom. The minimum absolute atomic E-state index is 0.00345. The lowest BCUT2D eigenvalue weighted by Gasteiger charge is -2.23. The molecule has 4 aromatic rings. The lowest BCUT2D eigenvalue weighted by molar-refractivity contribution is -0.141. The van der Waals surface area contributed by atoms with E-state index in [0.717, 1.165) is 11.6 Å². The smallest absolute Gasteiger partial charge is 0.355 e. The fourth-order valence-corrected chi connectivity index (χ4v) is 3.89. The second kappa shape index (κ2) is 8.12. The second-order valence-electron chi connectivity index (χ2n) is 8.30. The maximum Gasteiger partial charge on any atom is 0.433 e. The van der Waals surface area contributed by atoms with Crippen LogP contribution < -0.4 is 10.2 Å². The van der Waals surface area contributed by atoms with Gasteiger partial charge in [0.2, 0.25) is 11.9 Å². The maximum absolute atomic E-state index is 12.7. The fraction of sp³-hybridized carbons (Fsp3) is 0.318. The van der Waals surface area contributed by atoms with Gasteiger partial charge in [0.25, 0.3) is 0 Å². The number of nitrogens with zero attached hydrogens (tertiary/aromatic N) is 7. The molecular weight excluding hydrogens is 449 g/mol. The molecule has 5 rings (SSSR count). The summed E-state index contributed by atoms with van der Waals surface area (Å²) in [5.41, 5.74) is 1.90. The number of halogens is 3. The highest BCUT2D eigenvalue weighted by Gasteiger charge is 2.32. The van der Waals surface area contributed by atoms with Gasteiger partial charge in [0.15, 0.2) is 5.82 Å². The first-order valence-corrected chi connectivity index (χ1v) is 10.6. The monoisotopic (exact) mass is 470 g/mol. The summed E-state index contributed by atoms with van der Waals surface area (Å²) in [6.07, 6.45) is 2.31. The Morgan fingerprint density at radius 3 is 2.71 bits per heavy atom. The van der Waals surface area contributed by atoms with Gasteiger partial charge in [-0.3, -0.25) is 19.0 Å². The summed E-state index contributed by atoms with van der Waals surface area (Å²) in [5.74, 6) is 1.11. The molecule has 0 radical (unpaired) electrons. The van der Waals surface area contributed by atoms with Crippen LogP contribution in [0.3, 0.4) is 0 Å². The molecule has 0 bridgehead atoms. The Balaban J connectivity index is 1.30. The number of hydrogen-bond donors (Lipinski definition) is 1. The number of aromatic nitrogens is 6. The van der Waals surface area contributed by atoms with E-state index < -0.39 is 11.9 Å². The molecule has 0 saturated heterocycles. The zero-order chi connectivity index (χ0) is 24.0. The van der Waals surface area contributed by atoms with Gasteiger partial charge < -0.3 is 10.2 Å². The van der Waals surface area contributed by atoms with Crippen molar-refractivity contribution < 1.29 is 18.0 Å². The number of hydrogen-bond acceptors (Lipinski definition) is 7. The van der Waals surface area contributed by atoms with Gasteiger partial charge >= 0.3 is 6.18 Å². The first kappa shape index (κ1) is 21.9. The zero-order valence-corrected chi connectivity index (χ0v) is 18.4. The van der Waals surface area contributed by atoms with E-state index in [1.807, 2.05) is 18.9 Å². The lowest BCUT2D eigenvalue weighted by atomic mass is 10.2. The largest absolute Gasteiger partial charge is 0.433 e. The average Bonchev–Trinajstić information content (AvgIpc) is 3.41. The van der Waals surface area contributed by atoms with Crippen molar-refractivity contribution in [1.29, 1.82) is 0 Å². The molecule has 0 saturated carbocycles. The highest BCUT2D eigenvalue weighted by Crippen LogP contribution is 2.31. The molecule has 9 nitrogen and oxygen atoms in total. The maximum atomic E-state index is 12.7. The molecule has 0 aromatic carbocycles. The van der Waals surface area contributed by atoms with Crippen LogP contribution in [0.4, 0.5) is 24.9 Å². The Hall–Kier alpha value is -3.96. The molecule has 4 aromatic heterocycles. The van der Waals surface area contributed by atoms with E-state index in [-0.39, 0.29) is 11.9 Å². The van der Waals surface area contributed by atoms with E-state index in [9.17, 15) is 18.0 Å². The van der Waals surface area contributed by atoms with Crippen LogP contribution in [0, 0.1) is 0 Å². The van der Waals surface area contributed by atoms with Crippen molar-refractivity contribution in [3.8, 4) is 0 Å². The van der Waals surface area contributed by atoms with E-state index >= 15 is 0 Å². The first-order chi connectivity index (χ1) is 16.2. The molecule has 0 aliphatic carbocycles. The minimum Gasteiger partial charge on any atom is -0.355 e. The highest BCUT2D eigenvalue weighted by atomic mass is 19.4. The SMILES string of the molecule is C[C@H]1CC(=O)n2ccc3nc(NCc4cnn(Cc5ccc(C(F)(F)F)nc5)c4)nc(c32)N1C. The summed E-state index contributed by atoms with van der Waals surface area (Å²) in [7, 11) is 1.91. The Morgan fingerprint density at radius 1 is 1.15 bits per heavy atom. The number of rotatable bonds is 5. The van der Waals surface area contributed by atoms with Gasteiger partial charge in [-0.2, -0.15) is 23.3 Å². The standard InChI is InChI=1S/C22H21F3N8O/c1-13-7-18(34)33-6-5-16-19(33)20(31(13)2)30-21(29-16)27-9-15-10-28-32(12-15)11-14-3-4-17(26-8-14)22(23,24)25/h3-6,8,10,12-13H,7,9,11H2,1-2H3,(H,27,29,30)/t13-/m0/s1. The minimum atomic E-state index is -4.46. The Labute approximate surface area is 192 Å². The van der Waals surface area contributed by atoms with Crippen LogP contribution in [0.25, 0.3) is 11.0 Å². The van der Waals surface area contributed by atoms with E-state index in [1.165, 1.54) is 12.3 Å². The number of carbonyl (C=O) groups is 1. The molecule has 1 aliphatic rings. The molecule has 1 atom stereocenters. The van der Waals surface area contributed by atoms with E-state index in [0.29, 0.717) is 47.9 Å². The van der Waals surface area contributed by atoms with Crippen LogP contribution in [0.2, 0.25) is 0 Å². The van der Waals surface area contributed by atoms with Gasteiger partial charge in [-0.1, -0.05) is 6.07 Å². The average molecular weight is 470 g/mol. The number of nitrogens with one attached hydrogen (secondary N) is 1. The summed E-state index contributed by atoms with van der Waals surface area (Å²) >= 11 is 0. The Bertz CT molecular complexity index is 1360. The number of alkyl halides is 3. The van der Waals surface area contributed by atoms with Crippen molar-refractivity contribution in [2.45, 2.75) is 38.7 Å². The van der Waals surface area contributed by atoms with Gasteiger partial charge in [0.1, 0.15) is 11.2 Å². The van der Waals surface area contributed by atoms with Crippen LogP contribution >= 0.6 is 0 Å². The third kappa shape index (κ3) is 4.06. The molecule has 176 valence electrons. The molecule has 1 aliphatic heterocycles. The number of anilines is 2. The lowest BCUT2D eigenvalue weighted by Crippen LogP contribution is -2.30. The van der Waals surface area contributed by atoms with Crippen molar-refractivity contribution in [2.24, 2.45) is 0 Å². The van der Waals surface area contributed by atoms with E-state index in [4.69, 9.17) is 0 Å². The van der Waals surface area contributed by atoms with E-state index in [2.05, 4.69) is 25.4 Å². The van der Waals surface area contributed by atoms with Crippen LogP contribution in [-0.4, -0.2) is 48.3 Å². The molecule has 5 heterocycles. The molecule has 0 fully saturated rings. The summed E-state index contributed by atoms with van der Waals surface area (Å²) in [5, 5.41) is 7.47. The zero-order valence-electron chi connectivity index (χ0n) is 18.4. The van der Waals surface area contributed by atoms with Crippen molar-refractivity contribution >= 4 is 28.7 Å². The topological polar surface area (TPSA) is 93.8 Å². The first-order valence-electron chi connectivity index (χ1n) is 10.6. The van der Waals surface area contributed by atoms with Crippen molar-refractivity contribution in [1.82, 2.24) is 29.3 Å². The Kier molecular flexibility index (Phi) is 5.22. The van der Waals surface area contributed by atoms with Crippen molar-refractivity contribution in [2.75, 3.05) is 17.3 Å². The predicted octanol–water partition coefficient (Wildman–Crippen LogP) is 3.57. The highest BCUT2D eigenvalue weighted by molar-refractivity contribution is 5.98. The summed E-state index contributed by atoms with van der Waals surface area (Å²) in [6.45, 7) is 2.67. The van der Waals surface area contributed by atoms with Gasteiger partial charge in [0, 0.05) is 50.2 Å². The van der Waals surface area contributed by atoms with Gasteiger partial charge in [-0.15, -0.1) is 0 Å². The van der Waals surface area contributed by atoms with E-state index in [1.54, 1.807) is 33.9 Å². The quantitative estimate of drug-likeness (QED) is 0.477. The summed E-state index contributed by atoms with van der Waals surface area (Å²) in [6, 6.07) is 4.14. The van der Waals surface area contributed by atoms with Crippen molar-refractivity contribution in [3.05, 3.63) is 59.8 Å². The number of pyridine rings is 1. The molecule has 1 N–H and O–H groups in total. The predicted molar refractivity (Wildman–Crippen MR) is 119 cm³/mol. The molecule has 0 unspecified atom stereocenters. The van der Waals surface area contributed by atoms with Gasteiger partial charge in [-0.05, 0) is 24.6 Å². The van der Waals surface area contributed by atoms with Crippen LogP contribution in [0.15, 0.2) is 43.0 Å². The van der Waals surface area contributed by atoms with Crippen LogP contribution in [0.1, 0.15) is 35.0 Å². The third-order valence-electron chi connectivity index (χ3n) is 5.85. The molecule has 0 spiro atoms.